The lowest BCUT2D eigenvalue weighted by atomic mass is 10.0. The van der Waals surface area contributed by atoms with Gasteiger partial charge in [-0.25, -0.2) is 5.43 Å². The average molecular weight is 422 g/mol. The minimum atomic E-state index is -0.770. The van der Waals surface area contributed by atoms with Crippen molar-refractivity contribution in [3.63, 3.8) is 0 Å². The second-order valence-electron chi connectivity index (χ2n) is 6.60. The number of hydrogen-bond acceptors (Lipinski definition) is 4. The van der Waals surface area contributed by atoms with Crippen molar-refractivity contribution >= 4 is 41.2 Å². The number of carbonyl (C=O) groups excluding carboxylic acids is 2. The molecule has 0 aliphatic carbocycles. The first-order valence-corrected chi connectivity index (χ1v) is 9.39. The summed E-state index contributed by atoms with van der Waals surface area (Å²) in [5.74, 6) is -0.692. The van der Waals surface area contributed by atoms with Crippen LogP contribution in [0.3, 0.4) is 0 Å². The molecule has 1 atom stereocenters. The Hall–Kier alpha value is -2.57. The predicted molar refractivity (Wildman–Crippen MR) is 111 cm³/mol. The summed E-state index contributed by atoms with van der Waals surface area (Å²) in [5.41, 5.74) is 3.15. The van der Waals surface area contributed by atoms with Gasteiger partial charge in [-0.3, -0.25) is 9.59 Å². The summed E-state index contributed by atoms with van der Waals surface area (Å²) in [6, 6.07) is 10.1. The molecule has 148 valence electrons. The molecular weight excluding hydrogens is 401 g/mol. The zero-order valence-corrected chi connectivity index (χ0v) is 17.0. The fourth-order valence-corrected chi connectivity index (χ4v) is 2.72. The molecule has 0 aliphatic rings. The fraction of sp³-hybridized carbons (Fsp3) is 0.250. The van der Waals surface area contributed by atoms with Crippen LogP contribution in [0.2, 0.25) is 10.0 Å². The van der Waals surface area contributed by atoms with Gasteiger partial charge in [0.05, 0.1) is 6.21 Å². The van der Waals surface area contributed by atoms with E-state index in [-0.39, 0.29) is 17.6 Å². The minimum absolute atomic E-state index is 0.0165. The van der Waals surface area contributed by atoms with Gasteiger partial charge in [0.25, 0.3) is 11.8 Å². The van der Waals surface area contributed by atoms with Gasteiger partial charge in [0.1, 0.15) is 11.8 Å². The smallest absolute Gasteiger partial charge is 0.262 e. The van der Waals surface area contributed by atoms with Gasteiger partial charge in [0.15, 0.2) is 0 Å². The standard InChI is InChI=1S/C20H21Cl2N3O3/c1-12(2)9-17(24-19(27)13-3-5-15(21)6-4-13)20(28)25-23-11-14-10-16(22)7-8-18(14)26/h3-8,10-12,17,26H,9H2,1-2H3,(H,24,27)(H,25,28). The summed E-state index contributed by atoms with van der Waals surface area (Å²) < 4.78 is 0. The van der Waals surface area contributed by atoms with E-state index in [1.165, 1.54) is 24.4 Å². The van der Waals surface area contributed by atoms with E-state index in [0.29, 0.717) is 27.6 Å². The first kappa shape index (κ1) is 21.7. The third-order valence-corrected chi connectivity index (χ3v) is 4.29. The van der Waals surface area contributed by atoms with E-state index in [1.807, 2.05) is 13.8 Å². The minimum Gasteiger partial charge on any atom is -0.507 e. The quantitative estimate of drug-likeness (QED) is 0.466. The van der Waals surface area contributed by atoms with E-state index >= 15 is 0 Å². The van der Waals surface area contributed by atoms with Crippen molar-refractivity contribution in [2.75, 3.05) is 0 Å². The molecule has 6 nitrogen and oxygen atoms in total. The number of carbonyl (C=O) groups is 2. The maximum Gasteiger partial charge on any atom is 0.262 e. The Labute approximate surface area is 173 Å². The highest BCUT2D eigenvalue weighted by Crippen LogP contribution is 2.19. The molecule has 2 amide bonds. The highest BCUT2D eigenvalue weighted by Gasteiger charge is 2.22. The van der Waals surface area contributed by atoms with Crippen molar-refractivity contribution in [1.29, 1.82) is 0 Å². The number of hydrogen-bond donors (Lipinski definition) is 3. The molecule has 8 heteroatoms. The van der Waals surface area contributed by atoms with Crippen molar-refractivity contribution in [3.05, 3.63) is 63.6 Å². The van der Waals surface area contributed by atoms with Gasteiger partial charge in [-0.15, -0.1) is 0 Å². The molecule has 2 aromatic rings. The van der Waals surface area contributed by atoms with Crippen LogP contribution >= 0.6 is 23.2 Å². The maximum atomic E-state index is 12.5. The third kappa shape index (κ3) is 6.55. The molecule has 0 saturated carbocycles. The lowest BCUT2D eigenvalue weighted by Crippen LogP contribution is -2.46. The van der Waals surface area contributed by atoms with E-state index in [9.17, 15) is 14.7 Å². The molecule has 28 heavy (non-hydrogen) atoms. The van der Waals surface area contributed by atoms with Crippen LogP contribution in [-0.4, -0.2) is 29.2 Å². The van der Waals surface area contributed by atoms with Crippen LogP contribution in [0.4, 0.5) is 0 Å². The summed E-state index contributed by atoms with van der Waals surface area (Å²) in [6.45, 7) is 3.89. The van der Waals surface area contributed by atoms with Crippen molar-refractivity contribution < 1.29 is 14.7 Å². The second-order valence-corrected chi connectivity index (χ2v) is 7.47. The molecule has 0 saturated heterocycles. The molecule has 0 heterocycles. The summed E-state index contributed by atoms with van der Waals surface area (Å²) in [6.07, 6.45) is 1.72. The van der Waals surface area contributed by atoms with Gasteiger partial charge in [0.2, 0.25) is 0 Å². The fourth-order valence-electron chi connectivity index (χ4n) is 2.42. The van der Waals surface area contributed by atoms with Crippen molar-refractivity contribution in [3.8, 4) is 5.75 Å². The Balaban J connectivity index is 2.05. The zero-order valence-electron chi connectivity index (χ0n) is 15.4. The number of phenols is 1. The first-order valence-electron chi connectivity index (χ1n) is 8.64. The Morgan fingerprint density at radius 1 is 1.11 bits per heavy atom. The normalized spacial score (nSPS) is 12.2. The molecular formula is C20H21Cl2N3O3. The summed E-state index contributed by atoms with van der Waals surface area (Å²) in [4.78, 5) is 24.9. The highest BCUT2D eigenvalue weighted by molar-refractivity contribution is 6.31. The van der Waals surface area contributed by atoms with Gasteiger partial charge >= 0.3 is 0 Å². The zero-order chi connectivity index (χ0) is 20.7. The molecule has 0 bridgehead atoms. The number of amides is 2. The topological polar surface area (TPSA) is 90.8 Å². The lowest BCUT2D eigenvalue weighted by Gasteiger charge is -2.19. The van der Waals surface area contributed by atoms with Crippen LogP contribution < -0.4 is 10.7 Å². The van der Waals surface area contributed by atoms with Crippen LogP contribution in [0.15, 0.2) is 47.6 Å². The largest absolute Gasteiger partial charge is 0.507 e. The maximum absolute atomic E-state index is 12.5. The predicted octanol–water partition coefficient (Wildman–Crippen LogP) is 3.99. The van der Waals surface area contributed by atoms with E-state index in [0.717, 1.165) is 0 Å². The molecule has 0 aliphatic heterocycles. The molecule has 2 aromatic carbocycles. The average Bonchev–Trinajstić information content (AvgIpc) is 2.64. The number of halogens is 2. The van der Waals surface area contributed by atoms with E-state index in [4.69, 9.17) is 23.2 Å². The highest BCUT2D eigenvalue weighted by atomic mass is 35.5. The Morgan fingerprint density at radius 2 is 1.75 bits per heavy atom. The molecule has 2 rings (SSSR count). The van der Waals surface area contributed by atoms with Crippen molar-refractivity contribution in [2.24, 2.45) is 11.0 Å². The van der Waals surface area contributed by atoms with Gasteiger partial charge in [-0.1, -0.05) is 37.0 Å². The summed E-state index contributed by atoms with van der Waals surface area (Å²) in [5, 5.41) is 17.3. The van der Waals surface area contributed by atoms with Crippen LogP contribution in [0.25, 0.3) is 0 Å². The number of aromatic hydroxyl groups is 1. The first-order chi connectivity index (χ1) is 13.3. The summed E-state index contributed by atoms with van der Waals surface area (Å²) >= 11 is 11.7. The Morgan fingerprint density at radius 3 is 2.39 bits per heavy atom. The third-order valence-electron chi connectivity index (χ3n) is 3.80. The second kappa shape index (κ2) is 10.1. The monoisotopic (exact) mass is 421 g/mol. The van der Waals surface area contributed by atoms with Gasteiger partial charge < -0.3 is 10.4 Å². The Kier molecular flexibility index (Phi) is 7.84. The molecule has 0 fully saturated rings. The van der Waals surface area contributed by atoms with Gasteiger partial charge in [-0.2, -0.15) is 5.10 Å². The van der Waals surface area contributed by atoms with E-state index in [1.54, 1.807) is 24.3 Å². The van der Waals surface area contributed by atoms with Crippen molar-refractivity contribution in [1.82, 2.24) is 10.7 Å². The van der Waals surface area contributed by atoms with Crippen LogP contribution in [0, 0.1) is 5.92 Å². The number of nitrogens with one attached hydrogen (secondary N) is 2. The molecule has 0 aromatic heterocycles. The van der Waals surface area contributed by atoms with Crippen LogP contribution in [0.5, 0.6) is 5.75 Å². The summed E-state index contributed by atoms with van der Waals surface area (Å²) in [7, 11) is 0. The number of nitrogens with zero attached hydrogens (tertiary/aromatic N) is 1. The van der Waals surface area contributed by atoms with E-state index < -0.39 is 11.9 Å². The number of benzene rings is 2. The van der Waals surface area contributed by atoms with Crippen LogP contribution in [0.1, 0.15) is 36.2 Å². The van der Waals surface area contributed by atoms with Crippen LogP contribution in [-0.2, 0) is 4.79 Å². The van der Waals surface area contributed by atoms with Gasteiger partial charge in [0, 0.05) is 21.2 Å². The van der Waals surface area contributed by atoms with Gasteiger partial charge in [-0.05, 0) is 54.8 Å². The lowest BCUT2D eigenvalue weighted by molar-refractivity contribution is -0.123. The molecule has 0 radical (unpaired) electrons. The van der Waals surface area contributed by atoms with Crippen molar-refractivity contribution in [2.45, 2.75) is 26.3 Å². The number of phenolic OH excluding ortho intramolecular Hbond substituents is 1. The number of hydrazone groups is 1. The SMILES string of the molecule is CC(C)CC(NC(=O)c1ccc(Cl)cc1)C(=O)NN=Cc1cc(Cl)ccc1O. The molecule has 0 spiro atoms. The molecule has 1 unspecified atom stereocenters. The van der Waals surface area contributed by atoms with E-state index in [2.05, 4.69) is 15.8 Å². The molecule has 3 N–H and O–H groups in total. The Bertz CT molecular complexity index is 867. The number of rotatable bonds is 7.